The highest BCUT2D eigenvalue weighted by Crippen LogP contribution is 2.47. The van der Waals surface area contributed by atoms with Crippen LogP contribution in [0.25, 0.3) is 0 Å². The fraction of sp³-hybridized carbons (Fsp3) is 0.778. The first kappa shape index (κ1) is 16.2. The van der Waals surface area contributed by atoms with Crippen LogP contribution in [0.3, 0.4) is 0 Å². The van der Waals surface area contributed by atoms with E-state index in [0.717, 1.165) is 42.4 Å². The average molecular weight is 357 g/mol. The number of anilines is 1. The molecule has 0 radical (unpaired) electrons. The fourth-order valence-corrected chi connectivity index (χ4v) is 4.57. The van der Waals surface area contributed by atoms with Gasteiger partial charge in [0.1, 0.15) is 12.4 Å². The number of rotatable bonds is 6. The van der Waals surface area contributed by atoms with Gasteiger partial charge in [0, 0.05) is 39.1 Å². The summed E-state index contributed by atoms with van der Waals surface area (Å²) in [5.74, 6) is 6.25. The van der Waals surface area contributed by atoms with E-state index in [1.165, 1.54) is 32.1 Å². The Bertz CT molecular complexity index is 776. The lowest BCUT2D eigenvalue weighted by molar-refractivity contribution is 0.178. The van der Waals surface area contributed by atoms with E-state index in [1.54, 1.807) is 7.11 Å². The maximum atomic E-state index is 5.17. The van der Waals surface area contributed by atoms with Crippen LogP contribution in [0.4, 0.5) is 5.95 Å². The molecule has 26 heavy (non-hydrogen) atoms. The molecule has 2 aliphatic carbocycles. The number of hydrogen-bond acceptors (Lipinski definition) is 6. The lowest BCUT2D eigenvalue weighted by Gasteiger charge is -2.25. The van der Waals surface area contributed by atoms with Crippen molar-refractivity contribution in [1.29, 1.82) is 0 Å². The monoisotopic (exact) mass is 357 g/mol. The van der Waals surface area contributed by atoms with E-state index in [0.29, 0.717) is 24.4 Å². The second-order valence-corrected chi connectivity index (χ2v) is 8.13. The summed E-state index contributed by atoms with van der Waals surface area (Å²) in [6, 6.07) is 0. The predicted octanol–water partition coefficient (Wildman–Crippen LogP) is 1.98. The molecule has 2 aromatic rings. The molecule has 0 aromatic carbocycles. The van der Waals surface area contributed by atoms with E-state index < -0.39 is 0 Å². The van der Waals surface area contributed by atoms with Crippen LogP contribution in [0.5, 0.6) is 0 Å². The first-order chi connectivity index (χ1) is 12.7. The Balaban J connectivity index is 1.38. The van der Waals surface area contributed by atoms with Gasteiger partial charge in [0.25, 0.3) is 0 Å². The van der Waals surface area contributed by atoms with E-state index in [4.69, 9.17) is 4.74 Å². The molecule has 3 fully saturated rings. The Kier molecular flexibility index (Phi) is 3.95. The molecule has 1 aliphatic heterocycles. The summed E-state index contributed by atoms with van der Waals surface area (Å²) < 4.78 is 7.38. The largest absolute Gasteiger partial charge is 0.377 e. The summed E-state index contributed by atoms with van der Waals surface area (Å²) in [5.41, 5.74) is 0. The highest BCUT2D eigenvalue weighted by molar-refractivity contribution is 5.36. The summed E-state index contributed by atoms with van der Waals surface area (Å²) in [6.45, 7) is 2.42. The minimum absolute atomic E-state index is 0.355. The Labute approximate surface area is 153 Å². The SMILES string of the molecule is COCc1nc([C@H]2CN(c3nnc(C4CCC4)n3C)C[C@@H]2C2CC2)n[nH]1. The van der Waals surface area contributed by atoms with Crippen LogP contribution in [-0.2, 0) is 18.4 Å². The van der Waals surface area contributed by atoms with Crippen molar-refractivity contribution < 1.29 is 4.74 Å². The summed E-state index contributed by atoms with van der Waals surface area (Å²) in [5, 5.41) is 16.6. The fourth-order valence-electron chi connectivity index (χ4n) is 4.57. The second-order valence-electron chi connectivity index (χ2n) is 8.13. The van der Waals surface area contributed by atoms with Gasteiger partial charge in [-0.1, -0.05) is 6.42 Å². The molecule has 3 aliphatic rings. The van der Waals surface area contributed by atoms with Gasteiger partial charge in [-0.25, -0.2) is 4.98 Å². The Morgan fingerprint density at radius 1 is 1.15 bits per heavy atom. The van der Waals surface area contributed by atoms with Gasteiger partial charge in [0.15, 0.2) is 11.6 Å². The molecule has 2 saturated carbocycles. The van der Waals surface area contributed by atoms with Crippen LogP contribution in [0.15, 0.2) is 0 Å². The van der Waals surface area contributed by atoms with Crippen LogP contribution in [0, 0.1) is 11.8 Å². The van der Waals surface area contributed by atoms with Crippen molar-refractivity contribution in [2.24, 2.45) is 18.9 Å². The van der Waals surface area contributed by atoms with E-state index in [1.807, 2.05) is 0 Å². The van der Waals surface area contributed by atoms with Crippen LogP contribution >= 0.6 is 0 Å². The Hall–Kier alpha value is -1.96. The molecular weight excluding hydrogens is 330 g/mol. The Morgan fingerprint density at radius 3 is 2.69 bits per heavy atom. The molecule has 140 valence electrons. The van der Waals surface area contributed by atoms with E-state index in [9.17, 15) is 0 Å². The van der Waals surface area contributed by atoms with E-state index >= 15 is 0 Å². The molecule has 0 unspecified atom stereocenters. The molecule has 1 N–H and O–H groups in total. The van der Waals surface area contributed by atoms with Crippen molar-refractivity contribution >= 4 is 5.95 Å². The van der Waals surface area contributed by atoms with Crippen molar-refractivity contribution in [1.82, 2.24) is 29.9 Å². The third-order valence-corrected chi connectivity index (χ3v) is 6.39. The number of nitrogens with one attached hydrogen (secondary N) is 1. The Morgan fingerprint density at radius 2 is 2.00 bits per heavy atom. The summed E-state index contributed by atoms with van der Waals surface area (Å²) >= 11 is 0. The molecule has 0 bridgehead atoms. The van der Waals surface area contributed by atoms with Crippen molar-refractivity contribution in [2.75, 3.05) is 25.1 Å². The number of H-pyrrole nitrogens is 1. The molecule has 5 rings (SSSR count). The first-order valence-corrected chi connectivity index (χ1v) is 9.79. The number of ether oxygens (including phenoxy) is 1. The van der Waals surface area contributed by atoms with Gasteiger partial charge in [0.05, 0.1) is 0 Å². The molecule has 1 saturated heterocycles. The average Bonchev–Trinajstić information content (AvgIpc) is 3.00. The van der Waals surface area contributed by atoms with Gasteiger partial charge in [-0.2, -0.15) is 5.10 Å². The second kappa shape index (κ2) is 6.33. The summed E-state index contributed by atoms with van der Waals surface area (Å²) in [6.07, 6.45) is 6.47. The highest BCUT2D eigenvalue weighted by atomic mass is 16.5. The number of hydrogen-bond donors (Lipinski definition) is 1. The van der Waals surface area contributed by atoms with Gasteiger partial charge >= 0.3 is 0 Å². The topological polar surface area (TPSA) is 84.8 Å². The zero-order valence-electron chi connectivity index (χ0n) is 15.6. The zero-order chi connectivity index (χ0) is 17.7. The van der Waals surface area contributed by atoms with Gasteiger partial charge in [0.2, 0.25) is 5.95 Å². The first-order valence-electron chi connectivity index (χ1n) is 9.79. The van der Waals surface area contributed by atoms with Gasteiger partial charge in [-0.15, -0.1) is 10.2 Å². The molecule has 3 heterocycles. The smallest absolute Gasteiger partial charge is 0.227 e. The number of aromatic nitrogens is 6. The lowest BCUT2D eigenvalue weighted by Crippen LogP contribution is -2.24. The van der Waals surface area contributed by atoms with Crippen LogP contribution in [-0.4, -0.2) is 50.1 Å². The van der Waals surface area contributed by atoms with Gasteiger partial charge < -0.3 is 14.2 Å². The quantitative estimate of drug-likeness (QED) is 0.851. The van der Waals surface area contributed by atoms with Gasteiger partial charge in [-0.3, -0.25) is 5.10 Å². The minimum Gasteiger partial charge on any atom is -0.377 e. The zero-order valence-corrected chi connectivity index (χ0v) is 15.6. The van der Waals surface area contributed by atoms with Gasteiger partial charge in [-0.05, 0) is 37.5 Å². The minimum atomic E-state index is 0.355. The molecule has 8 heteroatoms. The third-order valence-electron chi connectivity index (χ3n) is 6.39. The van der Waals surface area contributed by atoms with Crippen molar-refractivity contribution in [3.8, 4) is 0 Å². The van der Waals surface area contributed by atoms with Crippen molar-refractivity contribution in [3.63, 3.8) is 0 Å². The molecule has 2 atom stereocenters. The maximum Gasteiger partial charge on any atom is 0.227 e. The maximum absolute atomic E-state index is 5.17. The molecule has 0 spiro atoms. The van der Waals surface area contributed by atoms with Crippen LogP contribution < -0.4 is 4.90 Å². The lowest BCUT2D eigenvalue weighted by atomic mass is 9.85. The molecule has 8 nitrogen and oxygen atoms in total. The normalized spacial score (nSPS) is 26.5. The number of aromatic amines is 1. The highest BCUT2D eigenvalue weighted by Gasteiger charge is 2.45. The third kappa shape index (κ3) is 2.71. The number of nitrogens with zero attached hydrogens (tertiary/aromatic N) is 6. The molecule has 0 amide bonds. The predicted molar refractivity (Wildman–Crippen MR) is 95.9 cm³/mol. The summed E-state index contributed by atoms with van der Waals surface area (Å²) in [7, 11) is 3.80. The van der Waals surface area contributed by atoms with Crippen molar-refractivity contribution in [2.45, 2.75) is 50.5 Å². The summed E-state index contributed by atoms with van der Waals surface area (Å²) in [4.78, 5) is 7.09. The van der Waals surface area contributed by atoms with Crippen LogP contribution in [0.1, 0.15) is 61.4 Å². The van der Waals surface area contributed by atoms with Crippen LogP contribution in [0.2, 0.25) is 0 Å². The van der Waals surface area contributed by atoms with E-state index in [-0.39, 0.29) is 0 Å². The standard InChI is InChI=1S/C18H27N7O/c1-24-17(12-4-3-5-12)22-23-18(24)25-8-13(11-6-7-11)14(9-25)16-19-15(10-26-2)20-21-16/h11-14H,3-10H2,1-2H3,(H,19,20,21)/t13-,14+/m1/s1. The molecular formula is C18H27N7O. The molecule has 2 aromatic heterocycles. The van der Waals surface area contributed by atoms with Crippen molar-refractivity contribution in [3.05, 3.63) is 17.5 Å². The van der Waals surface area contributed by atoms with E-state index in [2.05, 4.69) is 41.9 Å². The number of methoxy groups -OCH3 is 1.